The van der Waals surface area contributed by atoms with Crippen LogP contribution in [0.5, 0.6) is 0 Å². The summed E-state index contributed by atoms with van der Waals surface area (Å²) < 4.78 is 25.9. The summed E-state index contributed by atoms with van der Waals surface area (Å²) in [6.07, 6.45) is 0. The predicted octanol–water partition coefficient (Wildman–Crippen LogP) is 2.98. The van der Waals surface area contributed by atoms with Crippen LogP contribution >= 0.6 is 0 Å². The molecule has 0 spiro atoms. The summed E-state index contributed by atoms with van der Waals surface area (Å²) in [7, 11) is 0. The lowest BCUT2D eigenvalue weighted by atomic mass is 10.2. The molecule has 3 aromatic rings. The van der Waals surface area contributed by atoms with Gasteiger partial charge in [-0.05, 0) is 24.3 Å². The first kappa shape index (κ1) is 14.9. The molecule has 2 aromatic carbocycles. The van der Waals surface area contributed by atoms with Crippen LogP contribution in [-0.2, 0) is 4.79 Å². The molecule has 0 saturated carbocycles. The summed E-state index contributed by atoms with van der Waals surface area (Å²) in [5.74, 6) is -1.63. The van der Waals surface area contributed by atoms with E-state index >= 15 is 0 Å². The highest BCUT2D eigenvalue weighted by Crippen LogP contribution is 2.13. The van der Waals surface area contributed by atoms with Crippen LogP contribution in [0, 0.1) is 11.6 Å². The fraction of sp³-hybridized carbons (Fsp3) is 0.0588. The normalized spacial score (nSPS) is 10.5. The number of carbonyl (C=O) groups is 1. The number of rotatable bonds is 4. The van der Waals surface area contributed by atoms with Gasteiger partial charge in [-0.2, -0.15) is 0 Å². The minimum absolute atomic E-state index is 0.00612. The summed E-state index contributed by atoms with van der Waals surface area (Å²) in [5.41, 5.74) is 1.15. The maximum Gasteiger partial charge on any atom is 0.273 e. The lowest BCUT2D eigenvalue weighted by Gasteiger charge is -2.05. The highest BCUT2D eigenvalue weighted by molar-refractivity contribution is 5.93. The summed E-state index contributed by atoms with van der Waals surface area (Å²) in [4.78, 5) is 15.0. The zero-order chi connectivity index (χ0) is 16.2. The van der Waals surface area contributed by atoms with Crippen LogP contribution in [0.3, 0.4) is 0 Å². The molecule has 0 aliphatic rings. The van der Waals surface area contributed by atoms with Gasteiger partial charge >= 0.3 is 0 Å². The molecule has 0 saturated heterocycles. The Hall–Kier alpha value is -3.02. The fourth-order valence-electron chi connectivity index (χ4n) is 2.17. The topological polar surface area (TPSA) is 55.3 Å². The number of benzene rings is 2. The highest BCUT2D eigenvalue weighted by atomic mass is 19.2. The smallest absolute Gasteiger partial charge is 0.273 e. The van der Waals surface area contributed by atoms with Gasteiger partial charge in [0.05, 0.1) is 0 Å². The Labute approximate surface area is 131 Å². The van der Waals surface area contributed by atoms with Crippen molar-refractivity contribution in [3.8, 4) is 0 Å². The summed E-state index contributed by atoms with van der Waals surface area (Å²) in [6, 6.07) is 14.7. The van der Waals surface area contributed by atoms with E-state index in [0.29, 0.717) is 5.82 Å². The Kier molecular flexibility index (Phi) is 4.14. The number of hydrogen-bond acceptors (Lipinski definition) is 2. The van der Waals surface area contributed by atoms with Crippen molar-refractivity contribution >= 4 is 28.3 Å². The Morgan fingerprint density at radius 1 is 1.00 bits per heavy atom. The molecule has 0 radical (unpaired) electrons. The predicted molar refractivity (Wildman–Crippen MR) is 84.0 cm³/mol. The molecule has 0 aliphatic heterocycles. The van der Waals surface area contributed by atoms with Gasteiger partial charge in [0.15, 0.2) is 18.2 Å². The van der Waals surface area contributed by atoms with Crippen molar-refractivity contribution in [3.05, 3.63) is 66.2 Å². The van der Waals surface area contributed by atoms with E-state index in [1.54, 1.807) is 0 Å². The van der Waals surface area contributed by atoms with E-state index in [9.17, 15) is 13.6 Å². The molecule has 3 N–H and O–H groups in total. The maximum absolute atomic E-state index is 13.1. The van der Waals surface area contributed by atoms with Gasteiger partial charge in [0.25, 0.3) is 11.7 Å². The average molecular weight is 314 g/mol. The van der Waals surface area contributed by atoms with Crippen molar-refractivity contribution in [2.24, 2.45) is 0 Å². The van der Waals surface area contributed by atoms with Gasteiger partial charge in [-0.3, -0.25) is 10.1 Å². The first-order valence-electron chi connectivity index (χ1n) is 7.02. The zero-order valence-electron chi connectivity index (χ0n) is 12.1. The van der Waals surface area contributed by atoms with Crippen LogP contribution in [0.2, 0.25) is 0 Å². The number of para-hydroxylation sites is 1. The molecule has 0 aliphatic carbocycles. The number of H-pyrrole nitrogens is 1. The quantitative estimate of drug-likeness (QED) is 0.778. The Morgan fingerprint density at radius 3 is 2.65 bits per heavy atom. The number of halogens is 2. The van der Waals surface area contributed by atoms with Crippen LogP contribution in [0.4, 0.5) is 20.3 Å². The van der Waals surface area contributed by atoms with Crippen LogP contribution in [0.1, 0.15) is 0 Å². The molecule has 3 rings (SSSR count). The molecule has 0 bridgehead atoms. The number of pyridine rings is 1. The number of amides is 1. The second kappa shape index (κ2) is 6.39. The molecule has 0 unspecified atom stereocenters. The number of aromatic nitrogens is 1. The van der Waals surface area contributed by atoms with Crippen molar-refractivity contribution in [1.29, 1.82) is 0 Å². The zero-order valence-corrected chi connectivity index (χ0v) is 12.1. The van der Waals surface area contributed by atoms with Crippen molar-refractivity contribution in [3.63, 3.8) is 0 Å². The molecule has 23 heavy (non-hydrogen) atoms. The Morgan fingerprint density at radius 2 is 1.83 bits per heavy atom. The van der Waals surface area contributed by atoms with Crippen LogP contribution in [0.25, 0.3) is 10.9 Å². The van der Waals surface area contributed by atoms with Crippen molar-refractivity contribution in [2.75, 3.05) is 17.2 Å². The summed E-state index contributed by atoms with van der Waals surface area (Å²) >= 11 is 0. The van der Waals surface area contributed by atoms with E-state index in [-0.39, 0.29) is 18.1 Å². The minimum Gasteiger partial charge on any atom is -0.323 e. The molecule has 1 amide bonds. The molecular weight excluding hydrogens is 300 g/mol. The number of carbonyl (C=O) groups excluding carboxylic acids is 1. The second-order valence-corrected chi connectivity index (χ2v) is 4.99. The van der Waals surface area contributed by atoms with Gasteiger partial charge in [-0.1, -0.05) is 18.2 Å². The van der Waals surface area contributed by atoms with Crippen molar-refractivity contribution in [1.82, 2.24) is 0 Å². The minimum atomic E-state index is -1.00. The van der Waals surface area contributed by atoms with Crippen LogP contribution < -0.4 is 15.6 Å². The van der Waals surface area contributed by atoms with Crippen LogP contribution in [-0.4, -0.2) is 12.5 Å². The molecule has 0 atom stereocenters. The molecule has 0 fully saturated rings. The number of aromatic amines is 1. The first-order valence-corrected chi connectivity index (χ1v) is 7.02. The third-order valence-corrected chi connectivity index (χ3v) is 3.30. The average Bonchev–Trinajstić information content (AvgIpc) is 2.56. The number of hydrogen-bond donors (Lipinski definition) is 2. The number of fused-ring (bicyclic) bond motifs is 1. The Bertz CT molecular complexity index is 867. The maximum atomic E-state index is 13.1. The van der Waals surface area contributed by atoms with E-state index in [0.717, 1.165) is 23.0 Å². The van der Waals surface area contributed by atoms with Crippen molar-refractivity contribution in [2.45, 2.75) is 0 Å². The Balaban J connectivity index is 1.62. The van der Waals surface area contributed by atoms with E-state index < -0.39 is 11.6 Å². The van der Waals surface area contributed by atoms with Gasteiger partial charge in [0, 0.05) is 23.2 Å². The molecular formula is C17H14F2N3O+. The van der Waals surface area contributed by atoms with Crippen molar-refractivity contribution < 1.29 is 18.6 Å². The van der Waals surface area contributed by atoms with E-state index in [2.05, 4.69) is 15.6 Å². The monoisotopic (exact) mass is 314 g/mol. The number of anilines is 2. The fourth-order valence-corrected chi connectivity index (χ4v) is 2.17. The van der Waals surface area contributed by atoms with Crippen LogP contribution in [0.15, 0.2) is 54.6 Å². The SMILES string of the molecule is O=C(CNc1ccc2ccccc2[nH+]1)Nc1ccc(F)c(F)c1. The van der Waals surface area contributed by atoms with Gasteiger partial charge < -0.3 is 5.32 Å². The number of nitrogens with one attached hydrogen (secondary N) is 3. The van der Waals surface area contributed by atoms with E-state index in [1.807, 2.05) is 36.4 Å². The molecule has 116 valence electrons. The highest BCUT2D eigenvalue weighted by Gasteiger charge is 2.10. The summed E-state index contributed by atoms with van der Waals surface area (Å²) in [5, 5.41) is 6.50. The molecule has 6 heteroatoms. The largest absolute Gasteiger partial charge is 0.323 e. The third kappa shape index (κ3) is 3.60. The third-order valence-electron chi connectivity index (χ3n) is 3.30. The van der Waals surface area contributed by atoms with Gasteiger partial charge in [0.2, 0.25) is 0 Å². The van der Waals surface area contributed by atoms with Gasteiger partial charge in [0.1, 0.15) is 5.52 Å². The van der Waals surface area contributed by atoms with Gasteiger partial charge in [-0.15, -0.1) is 0 Å². The summed E-state index contributed by atoms with van der Waals surface area (Å²) in [6.45, 7) is -0.00612. The van der Waals surface area contributed by atoms with E-state index in [4.69, 9.17) is 0 Å². The van der Waals surface area contributed by atoms with E-state index in [1.165, 1.54) is 6.07 Å². The molecule has 1 heterocycles. The lowest BCUT2D eigenvalue weighted by molar-refractivity contribution is -0.327. The standard InChI is InChI=1S/C17H13F2N3O/c18-13-7-6-12(9-14(13)19)21-17(23)10-20-16-8-5-11-3-1-2-4-15(11)22-16/h1-9H,10H2,(H,20,22)(H,21,23)/p+1. The first-order chi connectivity index (χ1) is 11.1. The lowest BCUT2D eigenvalue weighted by Crippen LogP contribution is -2.25. The molecule has 4 nitrogen and oxygen atoms in total. The second-order valence-electron chi connectivity index (χ2n) is 4.99. The van der Waals surface area contributed by atoms with Gasteiger partial charge in [-0.25, -0.2) is 13.8 Å². The molecule has 1 aromatic heterocycles.